The van der Waals surface area contributed by atoms with Crippen molar-refractivity contribution >= 4 is 40.1 Å². The lowest BCUT2D eigenvalue weighted by atomic mass is 10.1. The Balaban J connectivity index is 1.63. The molecule has 1 aliphatic rings. The van der Waals surface area contributed by atoms with Gasteiger partial charge >= 0.3 is 0 Å². The van der Waals surface area contributed by atoms with Crippen LogP contribution in [0.15, 0.2) is 30.7 Å². The van der Waals surface area contributed by atoms with E-state index in [1.54, 1.807) is 12.3 Å². The van der Waals surface area contributed by atoms with Gasteiger partial charge in [-0.05, 0) is 31.0 Å². The number of benzene rings is 1. The second-order valence-electron chi connectivity index (χ2n) is 5.93. The SMILES string of the molecule is Fc1ccc(Nc2ncnc3cnc(NC4CCOCC4)nc23)cc1Cl. The molecule has 9 heteroatoms. The number of ether oxygens (including phenoxy) is 1. The predicted octanol–water partition coefficient (Wildman–Crippen LogP) is 3.55. The molecule has 1 aromatic carbocycles. The van der Waals surface area contributed by atoms with Crippen molar-refractivity contribution in [3.8, 4) is 0 Å². The number of nitrogens with one attached hydrogen (secondary N) is 2. The van der Waals surface area contributed by atoms with Crippen LogP contribution in [0.4, 0.5) is 21.8 Å². The van der Waals surface area contributed by atoms with Gasteiger partial charge in [-0.1, -0.05) is 11.6 Å². The third-order valence-corrected chi connectivity index (χ3v) is 4.40. The Morgan fingerprint density at radius 3 is 2.81 bits per heavy atom. The lowest BCUT2D eigenvalue weighted by Gasteiger charge is -2.23. The first-order valence-corrected chi connectivity index (χ1v) is 8.61. The highest BCUT2D eigenvalue weighted by atomic mass is 35.5. The molecule has 7 nitrogen and oxygen atoms in total. The van der Waals surface area contributed by atoms with Gasteiger partial charge in [0, 0.05) is 24.9 Å². The van der Waals surface area contributed by atoms with Gasteiger partial charge in [0.25, 0.3) is 0 Å². The zero-order valence-electron chi connectivity index (χ0n) is 13.7. The van der Waals surface area contributed by atoms with Crippen LogP contribution < -0.4 is 10.6 Å². The number of hydrogen-bond donors (Lipinski definition) is 2. The second-order valence-corrected chi connectivity index (χ2v) is 6.34. The van der Waals surface area contributed by atoms with E-state index in [-0.39, 0.29) is 11.1 Å². The number of rotatable bonds is 4. The van der Waals surface area contributed by atoms with E-state index >= 15 is 0 Å². The minimum Gasteiger partial charge on any atom is -0.381 e. The summed E-state index contributed by atoms with van der Waals surface area (Å²) in [5.41, 5.74) is 1.78. The highest BCUT2D eigenvalue weighted by Crippen LogP contribution is 2.25. The van der Waals surface area contributed by atoms with Crippen LogP contribution in [0.2, 0.25) is 5.02 Å². The molecular weight excluding hydrogens is 359 g/mol. The molecule has 0 aliphatic carbocycles. The van der Waals surface area contributed by atoms with Gasteiger partial charge in [-0.2, -0.15) is 0 Å². The molecule has 1 fully saturated rings. The van der Waals surface area contributed by atoms with E-state index < -0.39 is 5.82 Å². The van der Waals surface area contributed by atoms with Crippen molar-refractivity contribution in [2.24, 2.45) is 0 Å². The Bertz CT molecular complexity index is 934. The van der Waals surface area contributed by atoms with Crippen molar-refractivity contribution in [2.45, 2.75) is 18.9 Å². The Morgan fingerprint density at radius 1 is 1.15 bits per heavy atom. The molecule has 4 rings (SSSR count). The van der Waals surface area contributed by atoms with Gasteiger partial charge in [0.15, 0.2) is 5.82 Å². The van der Waals surface area contributed by atoms with Gasteiger partial charge in [0.2, 0.25) is 5.95 Å². The fourth-order valence-corrected chi connectivity index (χ4v) is 2.93. The van der Waals surface area contributed by atoms with Crippen LogP contribution in [0.1, 0.15) is 12.8 Å². The van der Waals surface area contributed by atoms with Crippen LogP contribution in [0, 0.1) is 5.82 Å². The summed E-state index contributed by atoms with van der Waals surface area (Å²) >= 11 is 5.84. The van der Waals surface area contributed by atoms with Crippen LogP contribution in [0.25, 0.3) is 11.0 Å². The highest BCUT2D eigenvalue weighted by Gasteiger charge is 2.15. The fraction of sp³-hybridized carbons (Fsp3) is 0.294. The molecule has 2 aromatic heterocycles. The molecule has 3 heterocycles. The molecule has 2 N–H and O–H groups in total. The third kappa shape index (κ3) is 3.66. The molecule has 26 heavy (non-hydrogen) atoms. The van der Waals surface area contributed by atoms with E-state index in [1.807, 2.05) is 0 Å². The molecule has 0 bridgehead atoms. The van der Waals surface area contributed by atoms with E-state index in [2.05, 4.69) is 30.6 Å². The van der Waals surface area contributed by atoms with Gasteiger partial charge < -0.3 is 15.4 Å². The topological polar surface area (TPSA) is 84.9 Å². The van der Waals surface area contributed by atoms with Crippen LogP contribution >= 0.6 is 11.6 Å². The van der Waals surface area contributed by atoms with Gasteiger partial charge in [0.1, 0.15) is 23.2 Å². The van der Waals surface area contributed by atoms with Crippen molar-refractivity contribution in [1.29, 1.82) is 0 Å². The maximum absolute atomic E-state index is 13.3. The summed E-state index contributed by atoms with van der Waals surface area (Å²) in [6.07, 6.45) is 4.89. The molecule has 1 saturated heterocycles. The zero-order valence-corrected chi connectivity index (χ0v) is 14.5. The van der Waals surface area contributed by atoms with E-state index in [0.717, 1.165) is 26.1 Å². The maximum atomic E-state index is 13.3. The molecule has 0 saturated carbocycles. The lowest BCUT2D eigenvalue weighted by Crippen LogP contribution is -2.28. The molecule has 0 radical (unpaired) electrons. The number of nitrogens with zero attached hydrogens (tertiary/aromatic N) is 4. The number of hydrogen-bond acceptors (Lipinski definition) is 7. The first kappa shape index (κ1) is 16.9. The zero-order chi connectivity index (χ0) is 17.9. The summed E-state index contributed by atoms with van der Waals surface area (Å²) in [7, 11) is 0. The van der Waals surface area contributed by atoms with Crippen LogP contribution in [0.3, 0.4) is 0 Å². The fourth-order valence-electron chi connectivity index (χ4n) is 2.75. The smallest absolute Gasteiger partial charge is 0.223 e. The molecule has 3 aromatic rings. The average molecular weight is 375 g/mol. The number of aromatic nitrogens is 4. The first-order valence-electron chi connectivity index (χ1n) is 8.23. The lowest BCUT2D eigenvalue weighted by molar-refractivity contribution is 0.0903. The van der Waals surface area contributed by atoms with E-state index in [4.69, 9.17) is 16.3 Å². The van der Waals surface area contributed by atoms with E-state index in [1.165, 1.54) is 18.5 Å². The minimum atomic E-state index is -0.477. The summed E-state index contributed by atoms with van der Waals surface area (Å²) in [4.78, 5) is 17.3. The summed E-state index contributed by atoms with van der Waals surface area (Å²) < 4.78 is 18.7. The molecular formula is C17H16ClFN6O. The van der Waals surface area contributed by atoms with E-state index in [0.29, 0.717) is 28.5 Å². The van der Waals surface area contributed by atoms with Crippen molar-refractivity contribution in [2.75, 3.05) is 23.8 Å². The second kappa shape index (κ2) is 7.35. The standard InChI is InChI=1S/C17H16ClFN6O/c18-12-7-11(1-2-13(12)19)23-16-15-14(21-9-22-16)8-20-17(25-15)24-10-3-5-26-6-4-10/h1-2,7-10H,3-6H2,(H,20,24,25)(H,21,22,23). The van der Waals surface area contributed by atoms with Gasteiger partial charge in [-0.15, -0.1) is 0 Å². The predicted molar refractivity (Wildman–Crippen MR) is 97.3 cm³/mol. The Kier molecular flexibility index (Phi) is 4.77. The quantitative estimate of drug-likeness (QED) is 0.722. The largest absolute Gasteiger partial charge is 0.381 e. The van der Waals surface area contributed by atoms with Crippen molar-refractivity contribution in [3.05, 3.63) is 41.6 Å². The van der Waals surface area contributed by atoms with Crippen molar-refractivity contribution in [1.82, 2.24) is 19.9 Å². The molecule has 0 atom stereocenters. The third-order valence-electron chi connectivity index (χ3n) is 4.11. The number of fused-ring (bicyclic) bond motifs is 1. The van der Waals surface area contributed by atoms with Gasteiger partial charge in [-0.3, -0.25) is 0 Å². The molecule has 0 spiro atoms. The monoisotopic (exact) mass is 374 g/mol. The van der Waals surface area contributed by atoms with Crippen LogP contribution in [-0.2, 0) is 4.74 Å². The Hall–Kier alpha value is -2.58. The van der Waals surface area contributed by atoms with Crippen molar-refractivity contribution < 1.29 is 9.13 Å². The maximum Gasteiger partial charge on any atom is 0.223 e. The molecule has 1 aliphatic heterocycles. The molecule has 0 unspecified atom stereocenters. The average Bonchev–Trinajstić information content (AvgIpc) is 2.66. The summed E-state index contributed by atoms with van der Waals surface area (Å²) in [5.74, 6) is 0.532. The summed E-state index contributed by atoms with van der Waals surface area (Å²) in [6, 6.07) is 4.64. The summed E-state index contributed by atoms with van der Waals surface area (Å²) in [5, 5.41) is 6.46. The Labute approximate surface area is 154 Å². The first-order chi connectivity index (χ1) is 12.7. The van der Waals surface area contributed by atoms with Gasteiger partial charge in [0.05, 0.1) is 11.2 Å². The molecule has 134 valence electrons. The van der Waals surface area contributed by atoms with E-state index in [9.17, 15) is 4.39 Å². The van der Waals surface area contributed by atoms with Crippen LogP contribution in [0.5, 0.6) is 0 Å². The summed E-state index contributed by atoms with van der Waals surface area (Å²) in [6.45, 7) is 1.46. The van der Waals surface area contributed by atoms with Crippen molar-refractivity contribution in [3.63, 3.8) is 0 Å². The molecule has 0 amide bonds. The normalized spacial score (nSPS) is 15.2. The number of anilines is 3. The highest BCUT2D eigenvalue weighted by molar-refractivity contribution is 6.31. The van der Waals surface area contributed by atoms with Crippen LogP contribution in [-0.4, -0.2) is 39.2 Å². The minimum absolute atomic E-state index is 0.0323. The van der Waals surface area contributed by atoms with Gasteiger partial charge in [-0.25, -0.2) is 24.3 Å². The Morgan fingerprint density at radius 2 is 2.00 bits per heavy atom. The number of halogens is 2.